The van der Waals surface area contributed by atoms with Crippen LogP contribution >= 0.6 is 0 Å². The SMILES string of the molecule is CCc1ccc(C(C)(N)Cc2cccc(OC)c2)cc1. The summed E-state index contributed by atoms with van der Waals surface area (Å²) in [6, 6.07) is 16.7. The van der Waals surface area contributed by atoms with E-state index in [-0.39, 0.29) is 5.54 Å². The van der Waals surface area contributed by atoms with Gasteiger partial charge in [-0.1, -0.05) is 43.3 Å². The molecule has 20 heavy (non-hydrogen) atoms. The highest BCUT2D eigenvalue weighted by Crippen LogP contribution is 2.25. The summed E-state index contributed by atoms with van der Waals surface area (Å²) in [5, 5.41) is 0. The molecule has 0 saturated carbocycles. The van der Waals surface area contributed by atoms with Crippen LogP contribution in [-0.4, -0.2) is 7.11 Å². The van der Waals surface area contributed by atoms with E-state index < -0.39 is 0 Å². The van der Waals surface area contributed by atoms with Crippen LogP contribution in [0.3, 0.4) is 0 Å². The second kappa shape index (κ2) is 6.10. The lowest BCUT2D eigenvalue weighted by molar-refractivity contribution is 0.413. The molecule has 0 heterocycles. The molecule has 2 N–H and O–H groups in total. The minimum Gasteiger partial charge on any atom is -0.497 e. The smallest absolute Gasteiger partial charge is 0.119 e. The molecule has 0 saturated heterocycles. The normalized spacial score (nSPS) is 13.8. The van der Waals surface area contributed by atoms with Crippen LogP contribution in [0.5, 0.6) is 5.75 Å². The van der Waals surface area contributed by atoms with E-state index in [0.717, 1.165) is 24.2 Å². The van der Waals surface area contributed by atoms with E-state index in [1.54, 1.807) is 7.11 Å². The molecule has 2 aromatic rings. The highest BCUT2D eigenvalue weighted by atomic mass is 16.5. The molecule has 2 rings (SSSR count). The molecule has 1 unspecified atom stereocenters. The van der Waals surface area contributed by atoms with Gasteiger partial charge in [-0.05, 0) is 48.6 Å². The van der Waals surface area contributed by atoms with Crippen molar-refractivity contribution in [3.63, 3.8) is 0 Å². The van der Waals surface area contributed by atoms with Gasteiger partial charge in [0.1, 0.15) is 5.75 Å². The molecule has 0 spiro atoms. The fourth-order valence-electron chi connectivity index (χ4n) is 2.43. The van der Waals surface area contributed by atoms with Gasteiger partial charge in [0.2, 0.25) is 0 Å². The summed E-state index contributed by atoms with van der Waals surface area (Å²) in [7, 11) is 1.68. The summed E-state index contributed by atoms with van der Waals surface area (Å²) in [4.78, 5) is 0. The molecule has 0 aliphatic carbocycles. The minimum atomic E-state index is -0.376. The molecule has 0 aromatic heterocycles. The topological polar surface area (TPSA) is 35.2 Å². The summed E-state index contributed by atoms with van der Waals surface area (Å²) >= 11 is 0. The van der Waals surface area contributed by atoms with E-state index in [1.165, 1.54) is 11.1 Å². The molecular formula is C18H23NO. The number of rotatable bonds is 5. The summed E-state index contributed by atoms with van der Waals surface area (Å²) in [5.74, 6) is 0.875. The van der Waals surface area contributed by atoms with Crippen molar-refractivity contribution in [3.05, 3.63) is 65.2 Å². The van der Waals surface area contributed by atoms with Crippen molar-refractivity contribution in [2.24, 2.45) is 5.73 Å². The van der Waals surface area contributed by atoms with Gasteiger partial charge in [0.05, 0.1) is 7.11 Å². The molecule has 2 aromatic carbocycles. The van der Waals surface area contributed by atoms with Gasteiger partial charge in [0, 0.05) is 5.54 Å². The first kappa shape index (κ1) is 14.6. The van der Waals surface area contributed by atoms with Crippen LogP contribution in [0, 0.1) is 0 Å². The Bertz CT molecular complexity index is 558. The fraction of sp³-hybridized carbons (Fsp3) is 0.333. The number of methoxy groups -OCH3 is 1. The van der Waals surface area contributed by atoms with Crippen LogP contribution in [0.15, 0.2) is 48.5 Å². The third kappa shape index (κ3) is 3.40. The highest BCUT2D eigenvalue weighted by molar-refractivity contribution is 5.33. The standard InChI is InChI=1S/C18H23NO/c1-4-14-8-10-16(11-9-14)18(2,19)13-15-6-5-7-17(12-15)20-3/h5-12H,4,13,19H2,1-3H3. The van der Waals surface area contributed by atoms with Crippen molar-refractivity contribution >= 4 is 0 Å². The number of hydrogen-bond acceptors (Lipinski definition) is 2. The Kier molecular flexibility index (Phi) is 4.46. The van der Waals surface area contributed by atoms with Gasteiger partial charge in [-0.2, -0.15) is 0 Å². The molecule has 0 amide bonds. The van der Waals surface area contributed by atoms with Gasteiger partial charge in [0.15, 0.2) is 0 Å². The number of nitrogens with two attached hydrogens (primary N) is 1. The van der Waals surface area contributed by atoms with E-state index in [1.807, 2.05) is 18.2 Å². The molecule has 1 atom stereocenters. The summed E-state index contributed by atoms with van der Waals surface area (Å²) in [6.07, 6.45) is 1.84. The average Bonchev–Trinajstić information content (AvgIpc) is 2.47. The average molecular weight is 269 g/mol. The van der Waals surface area contributed by atoms with E-state index >= 15 is 0 Å². The van der Waals surface area contributed by atoms with Gasteiger partial charge < -0.3 is 10.5 Å². The second-order valence-electron chi connectivity index (χ2n) is 5.50. The number of ether oxygens (including phenoxy) is 1. The van der Waals surface area contributed by atoms with Crippen molar-refractivity contribution in [2.45, 2.75) is 32.2 Å². The Labute approximate surface area is 121 Å². The Morgan fingerprint density at radius 2 is 1.75 bits per heavy atom. The van der Waals surface area contributed by atoms with Gasteiger partial charge in [-0.25, -0.2) is 0 Å². The van der Waals surface area contributed by atoms with Crippen molar-refractivity contribution in [2.75, 3.05) is 7.11 Å². The molecule has 0 bridgehead atoms. The van der Waals surface area contributed by atoms with Crippen LogP contribution in [0.2, 0.25) is 0 Å². The first-order valence-corrected chi connectivity index (χ1v) is 7.06. The first-order valence-electron chi connectivity index (χ1n) is 7.06. The maximum absolute atomic E-state index is 6.51. The Morgan fingerprint density at radius 3 is 2.35 bits per heavy atom. The first-order chi connectivity index (χ1) is 9.55. The van der Waals surface area contributed by atoms with Gasteiger partial charge in [-0.3, -0.25) is 0 Å². The zero-order valence-corrected chi connectivity index (χ0v) is 12.5. The third-order valence-electron chi connectivity index (χ3n) is 3.73. The van der Waals surface area contributed by atoms with Gasteiger partial charge >= 0.3 is 0 Å². The lowest BCUT2D eigenvalue weighted by Crippen LogP contribution is -2.35. The summed E-state index contributed by atoms with van der Waals surface area (Å²) in [6.45, 7) is 4.24. The Morgan fingerprint density at radius 1 is 1.05 bits per heavy atom. The molecular weight excluding hydrogens is 246 g/mol. The van der Waals surface area contributed by atoms with Crippen LogP contribution < -0.4 is 10.5 Å². The van der Waals surface area contributed by atoms with Gasteiger partial charge in [0.25, 0.3) is 0 Å². The predicted molar refractivity (Wildman–Crippen MR) is 84.1 cm³/mol. The van der Waals surface area contributed by atoms with Crippen LogP contribution in [0.4, 0.5) is 0 Å². The number of hydrogen-bond donors (Lipinski definition) is 1. The molecule has 0 aliphatic rings. The Balaban J connectivity index is 2.20. The van der Waals surface area contributed by atoms with E-state index in [0.29, 0.717) is 0 Å². The molecule has 0 radical (unpaired) electrons. The number of benzene rings is 2. The van der Waals surface area contributed by atoms with E-state index in [9.17, 15) is 0 Å². The predicted octanol–water partition coefficient (Wildman–Crippen LogP) is 3.67. The fourth-order valence-corrected chi connectivity index (χ4v) is 2.43. The maximum atomic E-state index is 6.51. The van der Waals surface area contributed by atoms with Crippen molar-refractivity contribution in [3.8, 4) is 5.75 Å². The van der Waals surface area contributed by atoms with Crippen LogP contribution in [0.25, 0.3) is 0 Å². The van der Waals surface area contributed by atoms with Crippen LogP contribution in [0.1, 0.15) is 30.5 Å². The Hall–Kier alpha value is -1.80. The monoisotopic (exact) mass is 269 g/mol. The molecule has 106 valence electrons. The van der Waals surface area contributed by atoms with Crippen LogP contribution in [-0.2, 0) is 18.4 Å². The molecule has 0 fully saturated rings. The molecule has 0 aliphatic heterocycles. The van der Waals surface area contributed by atoms with Crippen molar-refractivity contribution in [1.82, 2.24) is 0 Å². The van der Waals surface area contributed by atoms with Crippen molar-refractivity contribution < 1.29 is 4.74 Å². The van der Waals surface area contributed by atoms with Crippen molar-refractivity contribution in [1.29, 1.82) is 0 Å². The summed E-state index contributed by atoms with van der Waals surface area (Å²) < 4.78 is 5.26. The molecule has 2 nitrogen and oxygen atoms in total. The second-order valence-corrected chi connectivity index (χ2v) is 5.50. The largest absolute Gasteiger partial charge is 0.497 e. The van der Waals surface area contributed by atoms with E-state index in [2.05, 4.69) is 44.2 Å². The quantitative estimate of drug-likeness (QED) is 0.898. The van der Waals surface area contributed by atoms with E-state index in [4.69, 9.17) is 10.5 Å². The zero-order valence-electron chi connectivity index (χ0n) is 12.5. The lowest BCUT2D eigenvalue weighted by atomic mass is 9.86. The minimum absolute atomic E-state index is 0.376. The number of aryl methyl sites for hydroxylation is 1. The molecule has 2 heteroatoms. The van der Waals surface area contributed by atoms with Gasteiger partial charge in [-0.15, -0.1) is 0 Å². The highest BCUT2D eigenvalue weighted by Gasteiger charge is 2.21. The maximum Gasteiger partial charge on any atom is 0.119 e. The zero-order chi connectivity index (χ0) is 14.6. The summed E-state index contributed by atoms with van der Waals surface area (Å²) in [5.41, 5.74) is 9.83. The third-order valence-corrected chi connectivity index (χ3v) is 3.73. The lowest BCUT2D eigenvalue weighted by Gasteiger charge is -2.26.